The topological polar surface area (TPSA) is 44.2 Å². The Morgan fingerprint density at radius 1 is 1.10 bits per heavy atom. The van der Waals surface area contributed by atoms with Gasteiger partial charge in [-0.25, -0.2) is 9.97 Å². The van der Waals surface area contributed by atoms with Gasteiger partial charge in [0.2, 0.25) is 0 Å². The van der Waals surface area contributed by atoms with Crippen molar-refractivity contribution in [1.29, 1.82) is 0 Å². The van der Waals surface area contributed by atoms with Gasteiger partial charge in [-0.2, -0.15) is 0 Å². The highest BCUT2D eigenvalue weighted by molar-refractivity contribution is 6.30. The molecule has 2 aromatic rings. The molecule has 0 spiro atoms. The van der Waals surface area contributed by atoms with Crippen molar-refractivity contribution in [2.75, 3.05) is 14.2 Å². The van der Waals surface area contributed by atoms with E-state index in [9.17, 15) is 0 Å². The average molecular weight is 293 g/mol. The lowest BCUT2D eigenvalue weighted by molar-refractivity contribution is 0.355. The molecule has 0 aliphatic carbocycles. The Hall–Kier alpha value is -1.81. The van der Waals surface area contributed by atoms with Crippen molar-refractivity contribution in [1.82, 2.24) is 9.97 Å². The Bertz CT molecular complexity index is 606. The van der Waals surface area contributed by atoms with Gasteiger partial charge < -0.3 is 9.47 Å². The maximum absolute atomic E-state index is 6.21. The third kappa shape index (κ3) is 2.70. The zero-order chi connectivity index (χ0) is 14.7. The summed E-state index contributed by atoms with van der Waals surface area (Å²) in [5.74, 6) is 1.90. The van der Waals surface area contributed by atoms with Crippen LogP contribution < -0.4 is 9.47 Å². The predicted molar refractivity (Wildman–Crippen MR) is 79.7 cm³/mol. The molecule has 0 saturated carbocycles. The van der Waals surface area contributed by atoms with Crippen LogP contribution in [0.3, 0.4) is 0 Å². The maximum Gasteiger partial charge on any atom is 0.161 e. The first kappa shape index (κ1) is 14.6. The summed E-state index contributed by atoms with van der Waals surface area (Å²) in [6.45, 7) is 3.98. The highest BCUT2D eigenvalue weighted by Gasteiger charge is 2.12. The third-order valence-electron chi connectivity index (χ3n) is 3.16. The molecular weight excluding hydrogens is 276 g/mol. The van der Waals surface area contributed by atoms with Crippen LogP contribution in [0, 0.1) is 6.92 Å². The van der Waals surface area contributed by atoms with Gasteiger partial charge in [-0.05, 0) is 31.5 Å². The highest BCUT2D eigenvalue weighted by atomic mass is 35.5. The summed E-state index contributed by atoms with van der Waals surface area (Å²) in [6, 6.07) is 5.56. The van der Waals surface area contributed by atoms with Crippen LogP contribution >= 0.6 is 11.6 Å². The largest absolute Gasteiger partial charge is 0.493 e. The number of hydrogen-bond donors (Lipinski definition) is 0. The van der Waals surface area contributed by atoms with Crippen molar-refractivity contribution in [3.8, 4) is 22.9 Å². The molecule has 4 nitrogen and oxygen atoms in total. The molecule has 1 aromatic carbocycles. The molecule has 2 rings (SSSR count). The highest BCUT2D eigenvalue weighted by Crippen LogP contribution is 2.32. The van der Waals surface area contributed by atoms with Crippen LogP contribution in [-0.2, 0) is 6.42 Å². The fourth-order valence-electron chi connectivity index (χ4n) is 2.07. The lowest BCUT2D eigenvalue weighted by Crippen LogP contribution is -1.99. The molecule has 0 radical (unpaired) electrons. The fraction of sp³-hybridized carbons (Fsp3) is 0.333. The second-order valence-electron chi connectivity index (χ2n) is 4.33. The molecule has 5 heteroatoms. The molecule has 0 atom stereocenters. The maximum atomic E-state index is 6.21. The van der Waals surface area contributed by atoms with E-state index in [2.05, 4.69) is 9.97 Å². The molecule has 0 unspecified atom stereocenters. The quantitative estimate of drug-likeness (QED) is 0.806. The Balaban J connectivity index is 2.51. The van der Waals surface area contributed by atoms with Gasteiger partial charge in [0, 0.05) is 16.8 Å². The summed E-state index contributed by atoms with van der Waals surface area (Å²) >= 11 is 6.21. The fourth-order valence-corrected chi connectivity index (χ4v) is 2.42. The molecule has 0 N–H and O–H groups in total. The van der Waals surface area contributed by atoms with Crippen LogP contribution in [0.2, 0.25) is 5.15 Å². The van der Waals surface area contributed by atoms with Crippen molar-refractivity contribution in [3.05, 3.63) is 34.6 Å². The van der Waals surface area contributed by atoms with Crippen molar-refractivity contribution < 1.29 is 9.47 Å². The minimum atomic E-state index is 0.504. The molecule has 0 aliphatic heterocycles. The summed E-state index contributed by atoms with van der Waals surface area (Å²) in [4.78, 5) is 8.88. The lowest BCUT2D eigenvalue weighted by Gasteiger charge is -2.11. The number of benzene rings is 1. The van der Waals surface area contributed by atoms with E-state index in [1.54, 1.807) is 14.2 Å². The molecule has 1 aromatic heterocycles. The number of methoxy groups -OCH3 is 2. The Labute approximate surface area is 123 Å². The number of aromatic nitrogens is 2. The van der Waals surface area contributed by atoms with Gasteiger partial charge in [-0.3, -0.25) is 0 Å². The summed E-state index contributed by atoms with van der Waals surface area (Å²) in [5.41, 5.74) is 2.73. The monoisotopic (exact) mass is 292 g/mol. The van der Waals surface area contributed by atoms with Crippen LogP contribution in [0.1, 0.15) is 18.2 Å². The summed E-state index contributed by atoms with van der Waals surface area (Å²) in [7, 11) is 3.20. The van der Waals surface area contributed by atoms with Crippen LogP contribution in [0.25, 0.3) is 11.4 Å². The van der Waals surface area contributed by atoms with E-state index in [0.29, 0.717) is 22.5 Å². The van der Waals surface area contributed by atoms with Gasteiger partial charge in [-0.1, -0.05) is 18.5 Å². The van der Waals surface area contributed by atoms with Crippen molar-refractivity contribution in [2.45, 2.75) is 20.3 Å². The molecular formula is C15H17ClN2O2. The second-order valence-corrected chi connectivity index (χ2v) is 4.68. The van der Waals surface area contributed by atoms with E-state index in [1.165, 1.54) is 0 Å². The molecule has 0 bridgehead atoms. The van der Waals surface area contributed by atoms with Gasteiger partial charge in [0.25, 0.3) is 0 Å². The molecule has 0 amide bonds. The number of halogens is 1. The first-order chi connectivity index (χ1) is 9.60. The second kappa shape index (κ2) is 6.09. The summed E-state index contributed by atoms with van der Waals surface area (Å²) in [6.07, 6.45) is 0.816. The first-order valence-corrected chi connectivity index (χ1v) is 6.73. The molecule has 1 heterocycles. The van der Waals surface area contributed by atoms with E-state index in [4.69, 9.17) is 21.1 Å². The van der Waals surface area contributed by atoms with Crippen molar-refractivity contribution in [2.24, 2.45) is 0 Å². The van der Waals surface area contributed by atoms with E-state index in [-0.39, 0.29) is 0 Å². The number of nitrogens with zero attached hydrogens (tertiary/aromatic N) is 2. The molecule has 106 valence electrons. The Morgan fingerprint density at radius 3 is 2.35 bits per heavy atom. The van der Waals surface area contributed by atoms with Crippen LogP contribution in [0.4, 0.5) is 0 Å². The van der Waals surface area contributed by atoms with Crippen LogP contribution in [0.15, 0.2) is 18.2 Å². The van der Waals surface area contributed by atoms with E-state index in [1.807, 2.05) is 32.0 Å². The van der Waals surface area contributed by atoms with Crippen molar-refractivity contribution >= 4 is 11.6 Å². The summed E-state index contributed by atoms with van der Waals surface area (Å²) < 4.78 is 10.5. The molecule has 0 aliphatic rings. The zero-order valence-electron chi connectivity index (χ0n) is 12.0. The molecule has 0 saturated heterocycles. The van der Waals surface area contributed by atoms with Gasteiger partial charge >= 0.3 is 0 Å². The van der Waals surface area contributed by atoms with E-state index < -0.39 is 0 Å². The van der Waals surface area contributed by atoms with Gasteiger partial charge in [0.1, 0.15) is 5.15 Å². The first-order valence-electron chi connectivity index (χ1n) is 6.36. The smallest absolute Gasteiger partial charge is 0.161 e. The van der Waals surface area contributed by atoms with E-state index in [0.717, 1.165) is 23.2 Å². The number of hydrogen-bond acceptors (Lipinski definition) is 4. The standard InChI is InChI=1S/C15H17ClN2O2/c1-5-11-9(2)17-15(18-14(11)16)10-6-7-12(19-3)13(8-10)20-4/h6-8H,5H2,1-4H3. The third-order valence-corrected chi connectivity index (χ3v) is 3.47. The van der Waals surface area contributed by atoms with Crippen molar-refractivity contribution in [3.63, 3.8) is 0 Å². The number of ether oxygens (including phenoxy) is 2. The molecule has 20 heavy (non-hydrogen) atoms. The Morgan fingerprint density at radius 2 is 1.80 bits per heavy atom. The number of aryl methyl sites for hydroxylation is 1. The Kier molecular flexibility index (Phi) is 4.45. The minimum absolute atomic E-state index is 0.504. The lowest BCUT2D eigenvalue weighted by atomic mass is 10.1. The van der Waals surface area contributed by atoms with Crippen LogP contribution in [-0.4, -0.2) is 24.2 Å². The van der Waals surface area contributed by atoms with Crippen LogP contribution in [0.5, 0.6) is 11.5 Å². The number of rotatable bonds is 4. The van der Waals surface area contributed by atoms with Gasteiger partial charge in [0.15, 0.2) is 17.3 Å². The minimum Gasteiger partial charge on any atom is -0.493 e. The zero-order valence-corrected chi connectivity index (χ0v) is 12.8. The predicted octanol–water partition coefficient (Wildman–Crippen LogP) is 3.69. The SMILES string of the molecule is CCc1c(C)nc(-c2ccc(OC)c(OC)c2)nc1Cl. The van der Waals surface area contributed by atoms with Gasteiger partial charge in [-0.15, -0.1) is 0 Å². The average Bonchev–Trinajstić information content (AvgIpc) is 2.46. The van der Waals surface area contributed by atoms with E-state index >= 15 is 0 Å². The van der Waals surface area contributed by atoms with Gasteiger partial charge in [0.05, 0.1) is 14.2 Å². The summed E-state index contributed by atoms with van der Waals surface area (Å²) in [5, 5.41) is 0.504. The normalized spacial score (nSPS) is 10.4. The molecule has 0 fully saturated rings.